The molecule has 0 saturated carbocycles. The Morgan fingerprint density at radius 1 is 0.889 bits per heavy atom. The smallest absolute Gasteiger partial charge is 0.0940 e. The van der Waals surface area contributed by atoms with Crippen LogP contribution in [0.3, 0.4) is 0 Å². The molecule has 1 atom stereocenters. The van der Waals surface area contributed by atoms with E-state index in [9.17, 15) is 0 Å². The van der Waals surface area contributed by atoms with Gasteiger partial charge in [-0.25, -0.2) is 0 Å². The fourth-order valence-electron chi connectivity index (χ4n) is 2.17. The Kier molecular flexibility index (Phi) is 2.81. The highest BCUT2D eigenvalue weighted by molar-refractivity contribution is 6.11. The van der Waals surface area contributed by atoms with Gasteiger partial charge in [0.1, 0.15) is 0 Å². The van der Waals surface area contributed by atoms with Crippen LogP contribution in [0.2, 0.25) is 0 Å². The number of rotatable bonds is 2. The average Bonchev–Trinajstić information content (AvgIpc) is 2.90. The van der Waals surface area contributed by atoms with Gasteiger partial charge in [-0.2, -0.15) is 0 Å². The summed E-state index contributed by atoms with van der Waals surface area (Å²) in [4.78, 5) is 4.57. The van der Waals surface area contributed by atoms with Gasteiger partial charge in [0, 0.05) is 6.21 Å². The molecule has 1 unspecified atom stereocenters. The molecule has 0 saturated heterocycles. The van der Waals surface area contributed by atoms with Crippen molar-refractivity contribution in [2.75, 3.05) is 0 Å². The molecule has 0 N–H and O–H groups in total. The molecular weight excluding hydrogens is 218 g/mol. The van der Waals surface area contributed by atoms with Gasteiger partial charge in [-0.05, 0) is 29.7 Å². The Morgan fingerprint density at radius 3 is 2.33 bits per heavy atom. The minimum absolute atomic E-state index is 0.169. The number of nitrogens with zero attached hydrogens (tertiary/aromatic N) is 1. The molecule has 1 heteroatoms. The van der Waals surface area contributed by atoms with Crippen molar-refractivity contribution in [3.8, 4) is 0 Å². The third-order valence-corrected chi connectivity index (χ3v) is 3.24. The molecule has 0 spiro atoms. The van der Waals surface area contributed by atoms with Crippen LogP contribution in [-0.4, -0.2) is 6.21 Å². The molecule has 2 aromatic carbocycles. The Hall–Kier alpha value is -2.15. The highest BCUT2D eigenvalue weighted by Gasteiger charge is 2.13. The Balaban J connectivity index is 1.89. The first-order valence-corrected chi connectivity index (χ1v) is 6.20. The van der Waals surface area contributed by atoms with Gasteiger partial charge in [0.05, 0.1) is 6.04 Å². The fourth-order valence-corrected chi connectivity index (χ4v) is 2.17. The van der Waals surface area contributed by atoms with Gasteiger partial charge in [-0.1, -0.05) is 60.2 Å². The van der Waals surface area contributed by atoms with E-state index in [4.69, 9.17) is 0 Å². The summed E-state index contributed by atoms with van der Waals surface area (Å²) in [6.45, 7) is 2.10. The van der Waals surface area contributed by atoms with Crippen molar-refractivity contribution >= 4 is 11.8 Å². The van der Waals surface area contributed by atoms with E-state index in [2.05, 4.69) is 66.5 Å². The van der Waals surface area contributed by atoms with Crippen molar-refractivity contribution in [2.24, 2.45) is 4.99 Å². The Labute approximate surface area is 108 Å². The lowest BCUT2D eigenvalue weighted by Gasteiger charge is -2.03. The lowest BCUT2D eigenvalue weighted by molar-refractivity contribution is 0.936. The topological polar surface area (TPSA) is 12.4 Å². The summed E-state index contributed by atoms with van der Waals surface area (Å²) in [5.41, 5.74) is 4.98. The number of aliphatic imine (C=N–C) groups is 1. The lowest BCUT2D eigenvalue weighted by Crippen LogP contribution is -1.87. The van der Waals surface area contributed by atoms with Crippen LogP contribution in [0.4, 0.5) is 0 Å². The van der Waals surface area contributed by atoms with Crippen LogP contribution < -0.4 is 0 Å². The number of hydrogen-bond acceptors (Lipinski definition) is 1. The molecule has 1 aliphatic heterocycles. The average molecular weight is 233 g/mol. The highest BCUT2D eigenvalue weighted by atomic mass is 14.8. The van der Waals surface area contributed by atoms with Gasteiger partial charge in [-0.15, -0.1) is 0 Å². The monoisotopic (exact) mass is 233 g/mol. The van der Waals surface area contributed by atoms with Crippen LogP contribution in [0, 0.1) is 6.92 Å². The van der Waals surface area contributed by atoms with Crippen LogP contribution in [0.5, 0.6) is 0 Å². The van der Waals surface area contributed by atoms with E-state index >= 15 is 0 Å². The molecule has 1 nitrogen and oxygen atoms in total. The zero-order chi connectivity index (χ0) is 12.4. The zero-order valence-electron chi connectivity index (χ0n) is 10.4. The summed E-state index contributed by atoms with van der Waals surface area (Å²) >= 11 is 0. The van der Waals surface area contributed by atoms with Crippen molar-refractivity contribution in [1.29, 1.82) is 0 Å². The first kappa shape index (κ1) is 11.0. The van der Waals surface area contributed by atoms with Gasteiger partial charge in [-0.3, -0.25) is 4.99 Å². The Morgan fingerprint density at radius 2 is 1.61 bits per heavy atom. The second-order valence-electron chi connectivity index (χ2n) is 4.62. The van der Waals surface area contributed by atoms with Gasteiger partial charge >= 0.3 is 0 Å². The van der Waals surface area contributed by atoms with Crippen LogP contribution in [0.15, 0.2) is 65.7 Å². The van der Waals surface area contributed by atoms with E-state index < -0.39 is 0 Å². The SMILES string of the molecule is Cc1ccc(C2=CC(c3ccccc3)N=C2)cc1. The third kappa shape index (κ3) is 2.12. The molecule has 0 fully saturated rings. The van der Waals surface area contributed by atoms with Gasteiger partial charge in [0.2, 0.25) is 0 Å². The summed E-state index contributed by atoms with van der Waals surface area (Å²) in [5, 5.41) is 0. The first-order chi connectivity index (χ1) is 8.83. The van der Waals surface area contributed by atoms with E-state index in [0.29, 0.717) is 0 Å². The quantitative estimate of drug-likeness (QED) is 0.737. The summed E-state index contributed by atoms with van der Waals surface area (Å²) in [7, 11) is 0. The highest BCUT2D eigenvalue weighted by Crippen LogP contribution is 2.28. The normalized spacial score (nSPS) is 17.8. The number of hydrogen-bond donors (Lipinski definition) is 0. The number of benzene rings is 2. The van der Waals surface area contributed by atoms with E-state index in [1.54, 1.807) is 0 Å². The van der Waals surface area contributed by atoms with Crippen molar-refractivity contribution in [3.63, 3.8) is 0 Å². The van der Waals surface area contributed by atoms with E-state index in [1.807, 2.05) is 12.3 Å². The maximum atomic E-state index is 4.57. The molecule has 0 bridgehead atoms. The van der Waals surface area contributed by atoms with Gasteiger partial charge in [0.25, 0.3) is 0 Å². The van der Waals surface area contributed by atoms with Crippen LogP contribution in [0.1, 0.15) is 22.7 Å². The predicted molar refractivity (Wildman–Crippen MR) is 76.8 cm³/mol. The van der Waals surface area contributed by atoms with E-state index in [0.717, 1.165) is 0 Å². The van der Waals surface area contributed by atoms with Gasteiger partial charge < -0.3 is 0 Å². The second-order valence-corrected chi connectivity index (χ2v) is 4.62. The molecule has 0 amide bonds. The maximum Gasteiger partial charge on any atom is 0.0940 e. The largest absolute Gasteiger partial charge is 0.280 e. The Bertz CT molecular complexity index is 591. The van der Waals surface area contributed by atoms with Crippen LogP contribution in [0.25, 0.3) is 5.57 Å². The van der Waals surface area contributed by atoms with E-state index in [1.165, 1.54) is 22.3 Å². The molecule has 0 radical (unpaired) electrons. The zero-order valence-corrected chi connectivity index (χ0v) is 10.4. The van der Waals surface area contributed by atoms with Crippen molar-refractivity contribution in [2.45, 2.75) is 13.0 Å². The second kappa shape index (κ2) is 4.61. The summed E-state index contributed by atoms with van der Waals surface area (Å²) in [6, 6.07) is 19.1. The first-order valence-electron chi connectivity index (χ1n) is 6.20. The van der Waals surface area contributed by atoms with Gasteiger partial charge in [0.15, 0.2) is 0 Å². The molecule has 2 aromatic rings. The number of aryl methyl sites for hydroxylation is 1. The van der Waals surface area contributed by atoms with E-state index in [-0.39, 0.29) is 6.04 Å². The molecule has 88 valence electrons. The van der Waals surface area contributed by atoms with Crippen molar-refractivity contribution < 1.29 is 0 Å². The minimum atomic E-state index is 0.169. The molecule has 3 rings (SSSR count). The summed E-state index contributed by atoms with van der Waals surface area (Å²) in [6.07, 6.45) is 4.20. The van der Waals surface area contributed by atoms with Crippen LogP contribution >= 0.6 is 0 Å². The van der Waals surface area contributed by atoms with Crippen molar-refractivity contribution in [3.05, 3.63) is 77.4 Å². The fraction of sp³-hybridized carbons (Fsp3) is 0.118. The molecule has 1 heterocycles. The molecule has 0 aliphatic carbocycles. The molecule has 0 aromatic heterocycles. The summed E-state index contributed by atoms with van der Waals surface area (Å²) in [5.74, 6) is 0. The standard InChI is InChI=1S/C17H15N/c1-13-7-9-14(10-8-13)16-11-17(18-12-16)15-5-3-2-4-6-15/h2-12,17H,1H3. The predicted octanol–water partition coefficient (Wildman–Crippen LogP) is 4.20. The summed E-state index contributed by atoms with van der Waals surface area (Å²) < 4.78 is 0. The van der Waals surface area contributed by atoms with Crippen molar-refractivity contribution in [1.82, 2.24) is 0 Å². The minimum Gasteiger partial charge on any atom is -0.280 e. The molecule has 18 heavy (non-hydrogen) atoms. The third-order valence-electron chi connectivity index (χ3n) is 3.24. The molecule has 1 aliphatic rings. The maximum absolute atomic E-state index is 4.57. The lowest BCUT2D eigenvalue weighted by atomic mass is 10.0. The number of allylic oxidation sites excluding steroid dienone is 1. The van der Waals surface area contributed by atoms with Crippen LogP contribution in [-0.2, 0) is 0 Å². The molecular formula is C17H15N.